The number of nitrogens with zero attached hydrogens (tertiary/aromatic N) is 3. The number of amides is 1. The van der Waals surface area contributed by atoms with Crippen LogP contribution in [0.25, 0.3) is 11.0 Å². The van der Waals surface area contributed by atoms with Crippen LogP contribution in [0.4, 0.5) is 0 Å². The highest BCUT2D eigenvalue weighted by molar-refractivity contribution is 5.93. The highest BCUT2D eigenvalue weighted by atomic mass is 16.1. The molecule has 0 saturated carbocycles. The summed E-state index contributed by atoms with van der Waals surface area (Å²) < 4.78 is 0. The summed E-state index contributed by atoms with van der Waals surface area (Å²) in [5.74, 6) is -0.151. The van der Waals surface area contributed by atoms with Gasteiger partial charge < -0.3 is 5.32 Å². The van der Waals surface area contributed by atoms with Crippen molar-refractivity contribution in [2.24, 2.45) is 0 Å². The van der Waals surface area contributed by atoms with E-state index < -0.39 is 0 Å². The number of pyridine rings is 1. The lowest BCUT2D eigenvalue weighted by Crippen LogP contribution is -2.23. The molecule has 1 aromatic carbocycles. The summed E-state index contributed by atoms with van der Waals surface area (Å²) in [7, 11) is 0. The molecule has 5 nitrogen and oxygen atoms in total. The number of benzene rings is 1. The Labute approximate surface area is 115 Å². The van der Waals surface area contributed by atoms with Gasteiger partial charge in [0.15, 0.2) is 0 Å². The fourth-order valence-electron chi connectivity index (χ4n) is 1.86. The smallest absolute Gasteiger partial charge is 0.251 e. The van der Waals surface area contributed by atoms with Gasteiger partial charge >= 0.3 is 0 Å². The number of para-hydroxylation sites is 2. The van der Waals surface area contributed by atoms with Crippen LogP contribution in [-0.2, 0) is 6.54 Å². The van der Waals surface area contributed by atoms with Crippen molar-refractivity contribution in [1.29, 1.82) is 0 Å². The van der Waals surface area contributed by atoms with Gasteiger partial charge in [-0.15, -0.1) is 0 Å². The van der Waals surface area contributed by atoms with Crippen LogP contribution in [0.1, 0.15) is 16.1 Å². The normalized spacial score (nSPS) is 10.4. The zero-order valence-corrected chi connectivity index (χ0v) is 10.7. The Kier molecular flexibility index (Phi) is 3.33. The van der Waals surface area contributed by atoms with Crippen LogP contribution in [0.3, 0.4) is 0 Å². The molecule has 0 fully saturated rings. The lowest BCUT2D eigenvalue weighted by molar-refractivity contribution is 0.0950. The van der Waals surface area contributed by atoms with Crippen molar-refractivity contribution in [2.75, 3.05) is 0 Å². The summed E-state index contributed by atoms with van der Waals surface area (Å²) in [5.41, 5.74) is 2.97. The summed E-state index contributed by atoms with van der Waals surface area (Å²) in [6.07, 6.45) is 4.85. The number of aromatic nitrogens is 3. The first-order chi connectivity index (χ1) is 9.83. The van der Waals surface area contributed by atoms with Crippen molar-refractivity contribution in [3.8, 4) is 0 Å². The van der Waals surface area contributed by atoms with Crippen LogP contribution in [0.15, 0.2) is 55.0 Å². The predicted molar refractivity (Wildman–Crippen MR) is 74.9 cm³/mol. The second kappa shape index (κ2) is 5.44. The summed E-state index contributed by atoms with van der Waals surface area (Å²) in [6.45, 7) is 0.346. The number of carbonyl (C=O) groups excluding carboxylic acids is 1. The van der Waals surface area contributed by atoms with Gasteiger partial charge in [-0.1, -0.05) is 12.1 Å². The van der Waals surface area contributed by atoms with E-state index in [-0.39, 0.29) is 5.91 Å². The molecule has 0 unspecified atom stereocenters. The van der Waals surface area contributed by atoms with Gasteiger partial charge in [0, 0.05) is 18.0 Å². The first-order valence-electron chi connectivity index (χ1n) is 6.22. The zero-order chi connectivity index (χ0) is 13.8. The number of hydrogen-bond acceptors (Lipinski definition) is 4. The van der Waals surface area contributed by atoms with E-state index in [0.29, 0.717) is 12.1 Å². The summed E-state index contributed by atoms with van der Waals surface area (Å²) in [4.78, 5) is 24.5. The van der Waals surface area contributed by atoms with E-state index in [1.54, 1.807) is 30.7 Å². The Morgan fingerprint density at radius 1 is 1.05 bits per heavy atom. The Balaban J connectivity index is 1.72. The molecule has 0 atom stereocenters. The average Bonchev–Trinajstić information content (AvgIpc) is 2.53. The van der Waals surface area contributed by atoms with Crippen molar-refractivity contribution >= 4 is 16.9 Å². The number of hydrogen-bond donors (Lipinski definition) is 1. The molecule has 2 heterocycles. The topological polar surface area (TPSA) is 67.8 Å². The van der Waals surface area contributed by atoms with Crippen molar-refractivity contribution < 1.29 is 4.79 Å². The highest BCUT2D eigenvalue weighted by Gasteiger charge is 2.05. The quantitative estimate of drug-likeness (QED) is 0.785. The molecule has 0 saturated heterocycles. The minimum atomic E-state index is -0.151. The molecular weight excluding hydrogens is 252 g/mol. The van der Waals surface area contributed by atoms with Crippen LogP contribution in [0.2, 0.25) is 0 Å². The molecule has 20 heavy (non-hydrogen) atoms. The van der Waals surface area contributed by atoms with Crippen LogP contribution in [0.5, 0.6) is 0 Å². The molecule has 0 aliphatic carbocycles. The Morgan fingerprint density at radius 2 is 1.80 bits per heavy atom. The fraction of sp³-hybridized carbons (Fsp3) is 0.0667. The molecule has 1 N–H and O–H groups in total. The maximum absolute atomic E-state index is 11.9. The van der Waals surface area contributed by atoms with Crippen LogP contribution in [-0.4, -0.2) is 20.9 Å². The number of rotatable bonds is 3. The van der Waals surface area contributed by atoms with Gasteiger partial charge in [-0.25, -0.2) is 4.98 Å². The zero-order valence-electron chi connectivity index (χ0n) is 10.7. The van der Waals surface area contributed by atoms with Gasteiger partial charge in [0.1, 0.15) is 0 Å². The third-order valence-corrected chi connectivity index (χ3v) is 2.87. The lowest BCUT2D eigenvalue weighted by Gasteiger charge is -2.05. The van der Waals surface area contributed by atoms with Crippen molar-refractivity contribution in [1.82, 2.24) is 20.3 Å². The standard InChI is InChI=1S/C15H12N4O/c20-15(11-5-7-16-8-6-11)18-10-12-9-17-13-3-1-2-4-14(13)19-12/h1-9H,10H2,(H,18,20). The molecule has 98 valence electrons. The third-order valence-electron chi connectivity index (χ3n) is 2.87. The van der Waals surface area contributed by atoms with Gasteiger partial charge in [-0.3, -0.25) is 14.8 Å². The average molecular weight is 264 g/mol. The molecule has 0 spiro atoms. The molecule has 0 radical (unpaired) electrons. The van der Waals surface area contributed by atoms with E-state index in [1.807, 2.05) is 24.3 Å². The first-order valence-corrected chi connectivity index (χ1v) is 6.22. The van der Waals surface area contributed by atoms with Gasteiger partial charge in [0.25, 0.3) is 5.91 Å². The maximum Gasteiger partial charge on any atom is 0.251 e. The van der Waals surface area contributed by atoms with E-state index in [2.05, 4.69) is 20.3 Å². The van der Waals surface area contributed by atoms with Crippen LogP contribution >= 0.6 is 0 Å². The SMILES string of the molecule is O=C(NCc1cnc2ccccc2n1)c1ccncc1. The Hall–Kier alpha value is -2.82. The van der Waals surface area contributed by atoms with E-state index in [1.165, 1.54) is 0 Å². The predicted octanol–water partition coefficient (Wildman–Crippen LogP) is 1.95. The number of nitrogens with one attached hydrogen (secondary N) is 1. The molecule has 0 aliphatic rings. The second-order valence-corrected chi connectivity index (χ2v) is 4.27. The van der Waals surface area contributed by atoms with E-state index in [0.717, 1.165) is 16.7 Å². The molecule has 0 bridgehead atoms. The van der Waals surface area contributed by atoms with E-state index in [4.69, 9.17) is 0 Å². The van der Waals surface area contributed by atoms with Crippen molar-refractivity contribution in [2.45, 2.75) is 6.54 Å². The van der Waals surface area contributed by atoms with Crippen molar-refractivity contribution in [3.05, 3.63) is 66.2 Å². The summed E-state index contributed by atoms with van der Waals surface area (Å²) in [5, 5.41) is 2.81. The number of carbonyl (C=O) groups is 1. The highest BCUT2D eigenvalue weighted by Crippen LogP contribution is 2.08. The molecule has 2 aromatic heterocycles. The third kappa shape index (κ3) is 2.61. The summed E-state index contributed by atoms with van der Waals surface area (Å²) in [6, 6.07) is 11.0. The van der Waals surface area contributed by atoms with E-state index >= 15 is 0 Å². The summed E-state index contributed by atoms with van der Waals surface area (Å²) >= 11 is 0. The minimum Gasteiger partial charge on any atom is -0.346 e. The molecule has 3 aromatic rings. The Bertz CT molecular complexity index is 743. The van der Waals surface area contributed by atoms with E-state index in [9.17, 15) is 4.79 Å². The van der Waals surface area contributed by atoms with Gasteiger partial charge in [0.2, 0.25) is 0 Å². The molecule has 5 heteroatoms. The van der Waals surface area contributed by atoms with Crippen LogP contribution in [0, 0.1) is 0 Å². The van der Waals surface area contributed by atoms with Gasteiger partial charge in [0.05, 0.1) is 29.5 Å². The Morgan fingerprint density at radius 3 is 2.60 bits per heavy atom. The van der Waals surface area contributed by atoms with Gasteiger partial charge in [-0.05, 0) is 24.3 Å². The molecule has 3 rings (SSSR count). The monoisotopic (exact) mass is 264 g/mol. The van der Waals surface area contributed by atoms with Crippen molar-refractivity contribution in [3.63, 3.8) is 0 Å². The second-order valence-electron chi connectivity index (χ2n) is 4.27. The largest absolute Gasteiger partial charge is 0.346 e. The minimum absolute atomic E-state index is 0.151. The maximum atomic E-state index is 11.9. The fourth-order valence-corrected chi connectivity index (χ4v) is 1.86. The van der Waals surface area contributed by atoms with Crippen LogP contribution < -0.4 is 5.32 Å². The molecule has 1 amide bonds. The number of fused-ring (bicyclic) bond motifs is 1. The lowest BCUT2D eigenvalue weighted by atomic mass is 10.2. The first kappa shape index (κ1) is 12.2. The molecule has 0 aliphatic heterocycles. The molecular formula is C15H12N4O. The van der Waals surface area contributed by atoms with Gasteiger partial charge in [-0.2, -0.15) is 0 Å².